The topological polar surface area (TPSA) is 44.7 Å². The van der Waals surface area contributed by atoms with E-state index in [1.54, 1.807) is 30.8 Å². The van der Waals surface area contributed by atoms with E-state index in [0.717, 1.165) is 10.9 Å². The Labute approximate surface area is 95.5 Å². The number of rotatable bonds is 2. The summed E-state index contributed by atoms with van der Waals surface area (Å²) in [5.41, 5.74) is 0.0877. The van der Waals surface area contributed by atoms with E-state index in [1.165, 1.54) is 0 Å². The Morgan fingerprint density at radius 1 is 1.60 bits per heavy atom. The van der Waals surface area contributed by atoms with E-state index in [0.29, 0.717) is 0 Å². The number of amides is 1. The molecule has 0 radical (unpaired) electrons. The normalized spacial score (nSPS) is 23.7. The molecular formula is C10H19N3OS. The van der Waals surface area contributed by atoms with Crippen LogP contribution in [0.1, 0.15) is 20.8 Å². The van der Waals surface area contributed by atoms with Crippen LogP contribution in [0.15, 0.2) is 4.99 Å². The maximum Gasteiger partial charge on any atom is 0.246 e. The molecule has 1 aliphatic heterocycles. The molecule has 0 bridgehead atoms. The van der Waals surface area contributed by atoms with E-state index in [1.807, 2.05) is 6.92 Å². The number of aliphatic imine (C=N–C) groups is 1. The SMILES string of the molecule is CC(N=C1NC(C)(C)CS1)C(=O)N(C)C. The number of thioether (sulfide) groups is 1. The molecule has 1 unspecified atom stereocenters. The molecule has 1 N–H and O–H groups in total. The van der Waals surface area contributed by atoms with Gasteiger partial charge in [-0.25, -0.2) is 4.99 Å². The molecule has 4 nitrogen and oxygen atoms in total. The average molecular weight is 229 g/mol. The molecule has 1 fully saturated rings. The summed E-state index contributed by atoms with van der Waals surface area (Å²) in [5, 5.41) is 4.17. The third-order valence-corrected chi connectivity index (χ3v) is 3.47. The number of amidine groups is 1. The first-order valence-electron chi connectivity index (χ1n) is 5.02. The molecule has 5 heteroatoms. The van der Waals surface area contributed by atoms with Gasteiger partial charge in [0.05, 0.1) is 0 Å². The lowest BCUT2D eigenvalue weighted by Gasteiger charge is -2.17. The lowest BCUT2D eigenvalue weighted by molar-refractivity contribution is -0.129. The monoisotopic (exact) mass is 229 g/mol. The van der Waals surface area contributed by atoms with Crippen molar-refractivity contribution in [1.82, 2.24) is 10.2 Å². The number of likely N-dealkylation sites (N-methyl/N-ethyl adjacent to an activating group) is 1. The van der Waals surface area contributed by atoms with Crippen LogP contribution in [0.25, 0.3) is 0 Å². The average Bonchev–Trinajstić information content (AvgIpc) is 2.43. The van der Waals surface area contributed by atoms with Crippen molar-refractivity contribution >= 4 is 22.8 Å². The van der Waals surface area contributed by atoms with Crippen LogP contribution in [0.2, 0.25) is 0 Å². The van der Waals surface area contributed by atoms with Gasteiger partial charge in [0.25, 0.3) is 0 Å². The summed E-state index contributed by atoms with van der Waals surface area (Å²) in [4.78, 5) is 17.5. The van der Waals surface area contributed by atoms with E-state index < -0.39 is 0 Å². The highest BCUT2D eigenvalue weighted by Gasteiger charge is 2.28. The zero-order valence-electron chi connectivity index (χ0n) is 10.00. The smallest absolute Gasteiger partial charge is 0.246 e. The molecule has 1 rings (SSSR count). The molecule has 1 heterocycles. The minimum atomic E-state index is -0.302. The van der Waals surface area contributed by atoms with Crippen LogP contribution in [-0.2, 0) is 4.79 Å². The lowest BCUT2D eigenvalue weighted by Crippen LogP contribution is -2.38. The standard InChI is InChI=1S/C10H19N3OS/c1-7(8(14)13(4)5)11-9-12-10(2,3)6-15-9/h7H,6H2,1-5H3,(H,11,12). The molecule has 1 atom stereocenters. The lowest BCUT2D eigenvalue weighted by atomic mass is 10.1. The van der Waals surface area contributed by atoms with Gasteiger partial charge >= 0.3 is 0 Å². The van der Waals surface area contributed by atoms with E-state index in [9.17, 15) is 4.79 Å². The molecule has 15 heavy (non-hydrogen) atoms. The molecular weight excluding hydrogens is 210 g/mol. The van der Waals surface area contributed by atoms with Crippen molar-refractivity contribution in [3.8, 4) is 0 Å². The summed E-state index contributed by atoms with van der Waals surface area (Å²) in [6, 6.07) is -0.302. The maximum absolute atomic E-state index is 11.6. The third-order valence-electron chi connectivity index (χ3n) is 2.12. The fourth-order valence-corrected chi connectivity index (χ4v) is 2.44. The van der Waals surface area contributed by atoms with Gasteiger partial charge < -0.3 is 10.2 Å². The molecule has 1 amide bonds. The Kier molecular flexibility index (Phi) is 3.65. The van der Waals surface area contributed by atoms with Gasteiger partial charge in [0.2, 0.25) is 5.91 Å². The number of nitrogens with zero attached hydrogens (tertiary/aromatic N) is 2. The predicted molar refractivity (Wildman–Crippen MR) is 65.3 cm³/mol. The first-order valence-corrected chi connectivity index (χ1v) is 6.00. The van der Waals surface area contributed by atoms with Crippen molar-refractivity contribution in [2.45, 2.75) is 32.4 Å². The fourth-order valence-electron chi connectivity index (χ4n) is 1.28. The number of carbonyl (C=O) groups excluding carboxylic acids is 1. The zero-order chi connectivity index (χ0) is 11.6. The van der Waals surface area contributed by atoms with Crippen LogP contribution in [0.3, 0.4) is 0 Å². The Hall–Kier alpha value is -0.710. The second-order valence-corrected chi connectivity index (χ2v) is 5.60. The van der Waals surface area contributed by atoms with Gasteiger partial charge in [-0.3, -0.25) is 4.79 Å². The Morgan fingerprint density at radius 3 is 2.60 bits per heavy atom. The van der Waals surface area contributed by atoms with Crippen molar-refractivity contribution in [2.24, 2.45) is 4.99 Å². The highest BCUT2D eigenvalue weighted by atomic mass is 32.2. The van der Waals surface area contributed by atoms with Crippen LogP contribution >= 0.6 is 11.8 Å². The minimum absolute atomic E-state index is 0.0367. The summed E-state index contributed by atoms with van der Waals surface area (Å²) in [6.07, 6.45) is 0. The van der Waals surface area contributed by atoms with E-state index in [2.05, 4.69) is 24.2 Å². The van der Waals surface area contributed by atoms with Gasteiger partial charge in [-0.1, -0.05) is 11.8 Å². The summed E-state index contributed by atoms with van der Waals surface area (Å²) in [6.45, 7) is 6.07. The van der Waals surface area contributed by atoms with Crippen LogP contribution in [-0.4, -0.2) is 47.4 Å². The van der Waals surface area contributed by atoms with Crippen molar-refractivity contribution in [2.75, 3.05) is 19.8 Å². The van der Waals surface area contributed by atoms with Gasteiger partial charge in [0, 0.05) is 25.4 Å². The van der Waals surface area contributed by atoms with Crippen LogP contribution in [0, 0.1) is 0 Å². The van der Waals surface area contributed by atoms with Crippen molar-refractivity contribution in [3.05, 3.63) is 0 Å². The highest BCUT2D eigenvalue weighted by Crippen LogP contribution is 2.22. The van der Waals surface area contributed by atoms with Crippen LogP contribution in [0.4, 0.5) is 0 Å². The molecule has 0 aromatic heterocycles. The molecule has 86 valence electrons. The third kappa shape index (κ3) is 3.41. The van der Waals surface area contributed by atoms with Crippen molar-refractivity contribution < 1.29 is 4.79 Å². The summed E-state index contributed by atoms with van der Waals surface area (Å²) in [7, 11) is 3.50. The predicted octanol–water partition coefficient (Wildman–Crippen LogP) is 0.934. The number of hydrogen-bond acceptors (Lipinski definition) is 3. The largest absolute Gasteiger partial charge is 0.359 e. The number of carbonyl (C=O) groups is 1. The van der Waals surface area contributed by atoms with Crippen molar-refractivity contribution in [3.63, 3.8) is 0 Å². The first-order chi connectivity index (χ1) is 6.82. The molecule has 1 aliphatic rings. The zero-order valence-corrected chi connectivity index (χ0v) is 10.8. The fraction of sp³-hybridized carbons (Fsp3) is 0.800. The molecule has 0 aromatic rings. The number of nitrogens with one attached hydrogen (secondary N) is 1. The van der Waals surface area contributed by atoms with Gasteiger partial charge in [-0.05, 0) is 20.8 Å². The van der Waals surface area contributed by atoms with Gasteiger partial charge in [-0.15, -0.1) is 0 Å². The second kappa shape index (κ2) is 4.43. The van der Waals surface area contributed by atoms with Gasteiger partial charge in [0.1, 0.15) is 6.04 Å². The molecule has 0 aromatic carbocycles. The van der Waals surface area contributed by atoms with Crippen molar-refractivity contribution in [1.29, 1.82) is 0 Å². The highest BCUT2D eigenvalue weighted by molar-refractivity contribution is 8.14. The van der Waals surface area contributed by atoms with Gasteiger partial charge in [-0.2, -0.15) is 0 Å². The van der Waals surface area contributed by atoms with Crippen LogP contribution < -0.4 is 5.32 Å². The molecule has 0 aliphatic carbocycles. The first kappa shape index (κ1) is 12.4. The minimum Gasteiger partial charge on any atom is -0.359 e. The van der Waals surface area contributed by atoms with E-state index in [-0.39, 0.29) is 17.5 Å². The van der Waals surface area contributed by atoms with E-state index >= 15 is 0 Å². The van der Waals surface area contributed by atoms with Crippen LogP contribution in [0.5, 0.6) is 0 Å². The van der Waals surface area contributed by atoms with E-state index in [4.69, 9.17) is 0 Å². The Bertz CT molecular complexity index is 286. The Morgan fingerprint density at radius 2 is 2.20 bits per heavy atom. The quantitative estimate of drug-likeness (QED) is 0.766. The molecule has 0 saturated carbocycles. The number of hydrogen-bond donors (Lipinski definition) is 1. The maximum atomic E-state index is 11.6. The summed E-state index contributed by atoms with van der Waals surface area (Å²) >= 11 is 1.67. The Balaban J connectivity index is 2.61. The molecule has 0 spiro atoms. The van der Waals surface area contributed by atoms with Gasteiger partial charge in [0.15, 0.2) is 5.17 Å². The second-order valence-electron chi connectivity index (χ2n) is 4.64. The molecule has 1 saturated heterocycles. The summed E-state index contributed by atoms with van der Waals surface area (Å²) in [5.74, 6) is 1.03. The summed E-state index contributed by atoms with van der Waals surface area (Å²) < 4.78 is 0.